The van der Waals surface area contributed by atoms with Gasteiger partial charge in [0.25, 0.3) is 6.01 Å². The second-order valence-electron chi connectivity index (χ2n) is 10.1. The van der Waals surface area contributed by atoms with Gasteiger partial charge in [-0.3, -0.25) is 0 Å². The second-order valence-corrected chi connectivity index (χ2v) is 12.8. The van der Waals surface area contributed by atoms with Gasteiger partial charge in [0.2, 0.25) is 0 Å². The summed E-state index contributed by atoms with van der Waals surface area (Å²) in [6.07, 6.45) is 0.874. The maximum absolute atomic E-state index is 15.1. The molecule has 2 aromatic heterocycles. The number of imidazole rings is 1. The molecular formula is C25H28ClFN4O7S. The second kappa shape index (κ2) is 10.4. The molecule has 14 heteroatoms. The van der Waals surface area contributed by atoms with E-state index in [-0.39, 0.29) is 43.7 Å². The molecule has 210 valence electrons. The number of ether oxygens (including phenoxy) is 4. The van der Waals surface area contributed by atoms with Crippen molar-refractivity contribution in [3.63, 3.8) is 0 Å². The van der Waals surface area contributed by atoms with Crippen molar-refractivity contribution in [2.75, 3.05) is 37.1 Å². The van der Waals surface area contributed by atoms with E-state index < -0.39 is 34.0 Å². The van der Waals surface area contributed by atoms with Crippen LogP contribution < -0.4 is 14.8 Å². The Morgan fingerprint density at radius 2 is 2.05 bits per heavy atom. The molecule has 2 aliphatic heterocycles. The van der Waals surface area contributed by atoms with E-state index in [9.17, 15) is 13.5 Å². The van der Waals surface area contributed by atoms with Crippen LogP contribution in [0.3, 0.4) is 0 Å². The summed E-state index contributed by atoms with van der Waals surface area (Å²) in [5, 5.41) is 13.5. The van der Waals surface area contributed by atoms with E-state index in [1.165, 1.54) is 12.3 Å². The number of nitrogens with one attached hydrogen (secondary N) is 2. The zero-order chi connectivity index (χ0) is 27.3. The molecule has 3 aliphatic rings. The minimum atomic E-state index is -3.07. The maximum atomic E-state index is 15.1. The first-order chi connectivity index (χ1) is 18.6. The smallest absolute Gasteiger partial charge is 0.296 e. The number of anilines is 1. The molecular weight excluding hydrogens is 555 g/mol. The number of aryl methyl sites for hydroxylation is 1. The highest BCUT2D eigenvalue weighted by molar-refractivity contribution is 7.90. The summed E-state index contributed by atoms with van der Waals surface area (Å²) < 4.78 is 60.4. The van der Waals surface area contributed by atoms with Crippen LogP contribution in [0, 0.1) is 5.82 Å². The fraction of sp³-hybridized carbons (Fsp3) is 0.520. The zero-order valence-electron chi connectivity index (χ0n) is 21.0. The summed E-state index contributed by atoms with van der Waals surface area (Å²) in [6.45, 7) is 0.655. The predicted molar refractivity (Wildman–Crippen MR) is 140 cm³/mol. The van der Waals surface area contributed by atoms with Gasteiger partial charge in [-0.25, -0.2) is 17.8 Å². The van der Waals surface area contributed by atoms with Crippen molar-refractivity contribution in [2.24, 2.45) is 0 Å². The lowest BCUT2D eigenvalue weighted by molar-refractivity contribution is 0.00706. The van der Waals surface area contributed by atoms with E-state index in [0.29, 0.717) is 52.6 Å². The van der Waals surface area contributed by atoms with Gasteiger partial charge in [0, 0.05) is 17.9 Å². The Labute approximate surface area is 228 Å². The summed E-state index contributed by atoms with van der Waals surface area (Å²) in [4.78, 5) is 12.0. The van der Waals surface area contributed by atoms with Crippen LogP contribution in [0.5, 0.6) is 11.8 Å². The summed E-state index contributed by atoms with van der Waals surface area (Å²) in [5.41, 5.74) is 2.28. The average Bonchev–Trinajstić information content (AvgIpc) is 3.63. The van der Waals surface area contributed by atoms with Crippen LogP contribution in [0.4, 0.5) is 10.2 Å². The van der Waals surface area contributed by atoms with Crippen LogP contribution in [-0.2, 0) is 25.7 Å². The lowest BCUT2D eigenvalue weighted by Crippen LogP contribution is -2.34. The van der Waals surface area contributed by atoms with E-state index in [0.717, 1.165) is 5.56 Å². The summed E-state index contributed by atoms with van der Waals surface area (Å²) in [7, 11) is -3.07. The largest absolute Gasteiger partial charge is 0.493 e. The van der Waals surface area contributed by atoms with E-state index >= 15 is 4.39 Å². The third-order valence-electron chi connectivity index (χ3n) is 7.13. The number of hydrogen-bond donors (Lipinski definition) is 3. The van der Waals surface area contributed by atoms with Gasteiger partial charge >= 0.3 is 0 Å². The first kappa shape index (κ1) is 26.5. The number of rotatable bonds is 9. The van der Waals surface area contributed by atoms with Crippen molar-refractivity contribution >= 4 is 38.4 Å². The summed E-state index contributed by atoms with van der Waals surface area (Å²) in [5.74, 6) is 0.345. The number of sulfone groups is 1. The molecule has 3 aromatic rings. The number of nitrogens with zero attached hydrogens (tertiary/aromatic N) is 2. The van der Waals surface area contributed by atoms with Crippen LogP contribution in [0.25, 0.3) is 11.2 Å². The van der Waals surface area contributed by atoms with Gasteiger partial charge in [0.1, 0.15) is 45.5 Å². The third kappa shape index (κ3) is 5.50. The number of H-pyrrole nitrogens is 1. The SMILES string of the molecule is CS(=O)(=O)CCCOc1cc(F)c2c(c1)CCC2Nc1nc2nc(O[C@@H]3CO[C@H]4[C@@H]3OC[C@H]4O)[nH]c2cc1Cl. The van der Waals surface area contributed by atoms with Crippen molar-refractivity contribution in [3.05, 3.63) is 40.2 Å². The molecule has 1 aliphatic carbocycles. The number of halogens is 2. The molecule has 2 saturated heterocycles. The molecule has 2 fully saturated rings. The fourth-order valence-electron chi connectivity index (χ4n) is 5.33. The minimum absolute atomic E-state index is 0.0165. The molecule has 5 atom stereocenters. The molecule has 4 heterocycles. The molecule has 0 spiro atoms. The van der Waals surface area contributed by atoms with Crippen LogP contribution in [0.1, 0.15) is 30.0 Å². The highest BCUT2D eigenvalue weighted by Gasteiger charge is 2.48. The average molecular weight is 583 g/mol. The van der Waals surface area contributed by atoms with Gasteiger partial charge in [-0.1, -0.05) is 11.6 Å². The molecule has 1 aromatic carbocycles. The van der Waals surface area contributed by atoms with Crippen molar-refractivity contribution in [3.8, 4) is 11.8 Å². The molecule has 0 radical (unpaired) electrons. The molecule has 6 rings (SSSR count). The topological polar surface area (TPSA) is 145 Å². The number of aliphatic hydroxyl groups is 1. The Balaban J connectivity index is 1.14. The Morgan fingerprint density at radius 1 is 1.23 bits per heavy atom. The molecule has 0 saturated carbocycles. The van der Waals surface area contributed by atoms with Gasteiger partial charge in [0.05, 0.1) is 42.2 Å². The van der Waals surface area contributed by atoms with Crippen molar-refractivity contribution in [1.29, 1.82) is 0 Å². The first-order valence-electron chi connectivity index (χ1n) is 12.7. The number of hydrogen-bond acceptors (Lipinski definition) is 10. The number of aromatic nitrogens is 3. The molecule has 0 amide bonds. The Morgan fingerprint density at radius 3 is 2.87 bits per heavy atom. The van der Waals surface area contributed by atoms with E-state index in [1.54, 1.807) is 12.1 Å². The monoisotopic (exact) mass is 582 g/mol. The standard InChI is InChI=1S/C25H28ClFN4O7S/c1-39(33,34)6-2-5-35-13-7-12-3-4-16(20(12)15(27)8-13)28-23-14(26)9-17-24(30-23)31-25(29-17)38-19-11-37-21-18(32)10-36-22(19)21/h7-9,16,18-19,21-22,32H,2-6,10-11H2,1H3,(H2,28,29,30,31)/t16?,18-,19-,21-,22-/m1/s1. The van der Waals surface area contributed by atoms with Gasteiger partial charge in [-0.15, -0.1) is 0 Å². The van der Waals surface area contributed by atoms with Crippen molar-refractivity contribution < 1.29 is 36.9 Å². The van der Waals surface area contributed by atoms with Gasteiger partial charge in [-0.05, 0) is 37.0 Å². The van der Waals surface area contributed by atoms with E-state index in [1.807, 2.05) is 0 Å². The normalized spacial score (nSPS) is 26.1. The van der Waals surface area contributed by atoms with Crippen LogP contribution in [0.15, 0.2) is 18.2 Å². The number of benzene rings is 1. The maximum Gasteiger partial charge on any atom is 0.296 e. The van der Waals surface area contributed by atoms with Crippen LogP contribution >= 0.6 is 11.6 Å². The Kier molecular flexibility index (Phi) is 7.04. The van der Waals surface area contributed by atoms with Gasteiger partial charge in [-0.2, -0.15) is 4.98 Å². The number of aromatic amines is 1. The van der Waals surface area contributed by atoms with Crippen LogP contribution in [0.2, 0.25) is 5.02 Å². The van der Waals surface area contributed by atoms with Gasteiger partial charge in [0.15, 0.2) is 11.8 Å². The lowest BCUT2D eigenvalue weighted by atomic mass is 10.1. The Bertz CT molecular complexity index is 1500. The Hall–Kier alpha value is -2.71. The first-order valence-corrected chi connectivity index (χ1v) is 15.1. The van der Waals surface area contributed by atoms with Gasteiger partial charge < -0.3 is 34.4 Å². The summed E-state index contributed by atoms with van der Waals surface area (Å²) in [6, 6.07) is 4.66. The zero-order valence-corrected chi connectivity index (χ0v) is 22.6. The summed E-state index contributed by atoms with van der Waals surface area (Å²) >= 11 is 6.51. The number of pyridine rings is 1. The fourth-order valence-corrected chi connectivity index (χ4v) is 6.18. The molecule has 39 heavy (non-hydrogen) atoms. The van der Waals surface area contributed by atoms with Crippen molar-refractivity contribution in [2.45, 2.75) is 49.7 Å². The number of aliphatic hydroxyl groups excluding tert-OH is 1. The molecule has 1 unspecified atom stereocenters. The van der Waals surface area contributed by atoms with Crippen LogP contribution in [-0.4, -0.2) is 84.7 Å². The predicted octanol–water partition coefficient (Wildman–Crippen LogP) is 2.57. The molecule has 11 nitrogen and oxygen atoms in total. The highest BCUT2D eigenvalue weighted by atomic mass is 35.5. The van der Waals surface area contributed by atoms with E-state index in [2.05, 4.69) is 20.3 Å². The van der Waals surface area contributed by atoms with E-state index in [4.69, 9.17) is 30.5 Å². The minimum Gasteiger partial charge on any atom is -0.493 e. The molecule has 0 bridgehead atoms. The molecule has 3 N–H and O–H groups in total. The lowest BCUT2D eigenvalue weighted by Gasteiger charge is -2.17. The van der Waals surface area contributed by atoms with Crippen molar-refractivity contribution in [1.82, 2.24) is 15.0 Å². The highest BCUT2D eigenvalue weighted by Crippen LogP contribution is 2.39. The number of fused-ring (bicyclic) bond motifs is 3. The third-order valence-corrected chi connectivity index (χ3v) is 8.45. The quantitative estimate of drug-likeness (QED) is 0.322.